The molecule has 0 saturated heterocycles. The van der Waals surface area contributed by atoms with Crippen molar-refractivity contribution >= 4 is 17.4 Å². The van der Waals surface area contributed by atoms with Crippen molar-refractivity contribution in [2.75, 3.05) is 13.7 Å². The first-order valence-corrected chi connectivity index (χ1v) is 8.27. The van der Waals surface area contributed by atoms with Gasteiger partial charge in [0, 0.05) is 29.3 Å². The fourth-order valence-corrected chi connectivity index (χ4v) is 3.42. The quantitative estimate of drug-likeness (QED) is 0.819. The summed E-state index contributed by atoms with van der Waals surface area (Å²) in [6.07, 6.45) is 1.36. The van der Waals surface area contributed by atoms with Gasteiger partial charge in [-0.05, 0) is 25.1 Å². The number of halogens is 2. The molecule has 0 atom stereocenters. The van der Waals surface area contributed by atoms with E-state index in [1.54, 1.807) is 6.92 Å². The van der Waals surface area contributed by atoms with Crippen LogP contribution in [0.4, 0.5) is 8.78 Å². The summed E-state index contributed by atoms with van der Waals surface area (Å²) in [5.41, 5.74) is 1.52. The van der Waals surface area contributed by atoms with Gasteiger partial charge >= 0.3 is 5.97 Å². The van der Waals surface area contributed by atoms with Crippen molar-refractivity contribution in [3.8, 4) is 0 Å². The minimum atomic E-state index is -1.11. The van der Waals surface area contributed by atoms with Crippen LogP contribution in [-0.2, 0) is 14.9 Å². The van der Waals surface area contributed by atoms with Crippen LogP contribution in [0.5, 0.6) is 0 Å². The number of H-pyrrole nitrogens is 1. The first-order valence-electron chi connectivity index (χ1n) is 8.27. The Labute approximate surface area is 154 Å². The molecule has 1 aromatic heterocycles. The normalized spacial score (nSPS) is 15.6. The molecule has 1 aliphatic heterocycles. The van der Waals surface area contributed by atoms with E-state index < -0.39 is 28.9 Å². The van der Waals surface area contributed by atoms with E-state index in [0.29, 0.717) is 11.4 Å². The lowest BCUT2D eigenvalue weighted by Gasteiger charge is -2.29. The van der Waals surface area contributed by atoms with Gasteiger partial charge < -0.3 is 9.64 Å². The van der Waals surface area contributed by atoms with Gasteiger partial charge in [0.2, 0.25) is 0 Å². The van der Waals surface area contributed by atoms with Crippen molar-refractivity contribution in [1.29, 1.82) is 0 Å². The van der Waals surface area contributed by atoms with Crippen LogP contribution in [0.15, 0.2) is 24.4 Å². The lowest BCUT2D eigenvalue weighted by atomic mass is 9.82. The summed E-state index contributed by atoms with van der Waals surface area (Å²) < 4.78 is 31.6. The van der Waals surface area contributed by atoms with E-state index in [0.717, 1.165) is 17.7 Å². The molecule has 142 valence electrons. The topological polar surface area (TPSA) is 75.3 Å². The summed E-state index contributed by atoms with van der Waals surface area (Å²) in [4.78, 5) is 26.6. The van der Waals surface area contributed by atoms with Gasteiger partial charge in [-0.25, -0.2) is 13.6 Å². The van der Waals surface area contributed by atoms with E-state index in [9.17, 15) is 18.4 Å². The molecule has 1 aliphatic rings. The molecule has 2 heterocycles. The molecule has 27 heavy (non-hydrogen) atoms. The summed E-state index contributed by atoms with van der Waals surface area (Å²) in [6.45, 7) is 5.83. The zero-order valence-electron chi connectivity index (χ0n) is 15.4. The SMILES string of the molecule is COC(=O)C1=CN(C(=O)c2ccc(F)c(F)c2)CC(C)(C)c2c(C)n[nH]c21. The van der Waals surface area contributed by atoms with Crippen molar-refractivity contribution in [2.24, 2.45) is 0 Å². The molecule has 0 fully saturated rings. The number of carbonyl (C=O) groups is 2. The van der Waals surface area contributed by atoms with Crippen LogP contribution in [0.1, 0.15) is 41.2 Å². The van der Waals surface area contributed by atoms with Gasteiger partial charge in [0.1, 0.15) is 5.57 Å². The van der Waals surface area contributed by atoms with Crippen molar-refractivity contribution in [3.63, 3.8) is 0 Å². The number of hydrogen-bond acceptors (Lipinski definition) is 4. The first kappa shape index (κ1) is 18.8. The average molecular weight is 375 g/mol. The summed E-state index contributed by atoms with van der Waals surface area (Å²) in [6, 6.07) is 2.94. The first-order chi connectivity index (χ1) is 12.7. The van der Waals surface area contributed by atoms with E-state index in [2.05, 4.69) is 10.2 Å². The Morgan fingerprint density at radius 3 is 2.59 bits per heavy atom. The smallest absolute Gasteiger partial charge is 0.341 e. The van der Waals surface area contributed by atoms with Gasteiger partial charge in [-0.3, -0.25) is 9.89 Å². The molecule has 8 heteroatoms. The van der Waals surface area contributed by atoms with Crippen LogP contribution in [0.2, 0.25) is 0 Å². The number of rotatable bonds is 2. The van der Waals surface area contributed by atoms with E-state index in [-0.39, 0.29) is 17.7 Å². The molecular weight excluding hydrogens is 356 g/mol. The Balaban J connectivity index is 2.12. The lowest BCUT2D eigenvalue weighted by Crippen LogP contribution is -2.37. The highest BCUT2D eigenvalue weighted by molar-refractivity contribution is 6.17. The minimum absolute atomic E-state index is 0.0226. The maximum Gasteiger partial charge on any atom is 0.341 e. The van der Waals surface area contributed by atoms with Crippen LogP contribution in [0.3, 0.4) is 0 Å². The number of benzene rings is 1. The van der Waals surface area contributed by atoms with E-state index in [1.165, 1.54) is 24.3 Å². The number of fused-ring (bicyclic) bond motifs is 1. The third-order valence-electron chi connectivity index (χ3n) is 4.58. The molecule has 3 rings (SSSR count). The summed E-state index contributed by atoms with van der Waals surface area (Å²) in [5.74, 6) is -3.34. The Kier molecular flexibility index (Phi) is 4.59. The lowest BCUT2D eigenvalue weighted by molar-refractivity contribution is -0.133. The molecule has 2 aromatic rings. The summed E-state index contributed by atoms with van der Waals surface area (Å²) in [5, 5.41) is 7.02. The van der Waals surface area contributed by atoms with Crippen molar-refractivity contribution in [3.05, 3.63) is 58.5 Å². The molecule has 1 N–H and O–H groups in total. The van der Waals surface area contributed by atoms with Gasteiger partial charge in [0.05, 0.1) is 18.5 Å². The Morgan fingerprint density at radius 2 is 1.96 bits per heavy atom. The third kappa shape index (κ3) is 3.22. The zero-order valence-corrected chi connectivity index (χ0v) is 15.4. The number of amides is 1. The van der Waals surface area contributed by atoms with Crippen molar-refractivity contribution in [2.45, 2.75) is 26.2 Å². The van der Waals surface area contributed by atoms with Crippen LogP contribution in [0, 0.1) is 18.6 Å². The second-order valence-electron chi connectivity index (χ2n) is 7.04. The molecule has 0 radical (unpaired) electrons. The number of ether oxygens (including phenoxy) is 1. The number of aryl methyl sites for hydroxylation is 1. The molecule has 0 aliphatic carbocycles. The maximum absolute atomic E-state index is 13.6. The molecule has 6 nitrogen and oxygen atoms in total. The van der Waals surface area contributed by atoms with E-state index in [4.69, 9.17) is 4.74 Å². The molecule has 0 unspecified atom stereocenters. The van der Waals surface area contributed by atoms with Crippen LogP contribution < -0.4 is 0 Å². The van der Waals surface area contributed by atoms with Gasteiger partial charge in [-0.2, -0.15) is 5.10 Å². The Morgan fingerprint density at radius 1 is 1.26 bits per heavy atom. The highest BCUT2D eigenvalue weighted by Crippen LogP contribution is 2.36. The number of esters is 1. The molecule has 0 spiro atoms. The Bertz CT molecular complexity index is 963. The Hall–Kier alpha value is -3.03. The van der Waals surface area contributed by atoms with Crippen LogP contribution in [-0.4, -0.2) is 40.6 Å². The number of nitrogens with zero attached hydrogens (tertiary/aromatic N) is 2. The number of methoxy groups -OCH3 is 1. The van der Waals surface area contributed by atoms with Crippen LogP contribution >= 0.6 is 0 Å². The number of hydrogen-bond donors (Lipinski definition) is 1. The second-order valence-corrected chi connectivity index (χ2v) is 7.04. The fourth-order valence-electron chi connectivity index (χ4n) is 3.42. The highest BCUT2D eigenvalue weighted by atomic mass is 19.2. The maximum atomic E-state index is 13.6. The van der Waals surface area contributed by atoms with E-state index >= 15 is 0 Å². The number of carbonyl (C=O) groups excluding carboxylic acids is 2. The summed E-state index contributed by atoms with van der Waals surface area (Å²) >= 11 is 0. The van der Waals surface area contributed by atoms with Crippen molar-refractivity contribution in [1.82, 2.24) is 15.1 Å². The van der Waals surface area contributed by atoms with Gasteiger partial charge in [0.15, 0.2) is 11.6 Å². The van der Waals surface area contributed by atoms with Crippen molar-refractivity contribution < 1.29 is 23.1 Å². The number of nitrogens with one attached hydrogen (secondary N) is 1. The molecular formula is C19H19F2N3O3. The molecule has 0 bridgehead atoms. The molecule has 1 amide bonds. The monoisotopic (exact) mass is 375 g/mol. The highest BCUT2D eigenvalue weighted by Gasteiger charge is 2.37. The van der Waals surface area contributed by atoms with Gasteiger partial charge in [-0.15, -0.1) is 0 Å². The standard InChI is InChI=1S/C19H19F2N3O3/c1-10-15-16(23-22-10)12(18(26)27-4)8-24(9-19(15,2)3)17(25)11-5-6-13(20)14(21)7-11/h5-8H,9H2,1-4H3,(H,22,23). The number of aromatic amines is 1. The largest absolute Gasteiger partial charge is 0.465 e. The summed E-state index contributed by atoms with van der Waals surface area (Å²) in [7, 11) is 1.24. The number of aromatic nitrogens is 2. The second kappa shape index (κ2) is 6.61. The zero-order chi connectivity index (χ0) is 19.9. The van der Waals surface area contributed by atoms with E-state index in [1.807, 2.05) is 13.8 Å². The van der Waals surface area contributed by atoms with Crippen LogP contribution in [0.25, 0.3) is 5.57 Å². The third-order valence-corrected chi connectivity index (χ3v) is 4.58. The minimum Gasteiger partial charge on any atom is -0.465 e. The predicted octanol–water partition coefficient (Wildman–Crippen LogP) is 2.94. The molecule has 0 saturated carbocycles. The average Bonchev–Trinajstić information content (AvgIpc) is 2.96. The predicted molar refractivity (Wildman–Crippen MR) is 93.7 cm³/mol. The van der Waals surface area contributed by atoms with Gasteiger partial charge in [-0.1, -0.05) is 13.8 Å². The fraction of sp³-hybridized carbons (Fsp3) is 0.316. The molecule has 1 aromatic carbocycles. The van der Waals surface area contributed by atoms with Gasteiger partial charge in [0.25, 0.3) is 5.91 Å².